The fourth-order valence-corrected chi connectivity index (χ4v) is 5.85. The third-order valence-electron chi connectivity index (χ3n) is 7.47. The van der Waals surface area contributed by atoms with Crippen LogP contribution in [0, 0.1) is 11.6 Å². The number of aromatic amines is 1. The van der Waals surface area contributed by atoms with Crippen molar-refractivity contribution in [2.45, 2.75) is 43.4 Å². The van der Waals surface area contributed by atoms with E-state index in [0.717, 1.165) is 41.7 Å². The Balaban J connectivity index is 1.60. The number of nitrogens with one attached hydrogen (secondary N) is 2. The molecule has 6 nitrogen and oxygen atoms in total. The molecule has 3 aromatic rings. The Morgan fingerprint density at radius 3 is 2.66 bits per heavy atom. The van der Waals surface area contributed by atoms with Crippen LogP contribution in [-0.4, -0.2) is 67.1 Å². The summed E-state index contributed by atoms with van der Waals surface area (Å²) in [4.78, 5) is 21.0. The van der Waals surface area contributed by atoms with Gasteiger partial charge in [-0.3, -0.25) is 9.69 Å². The molecule has 1 fully saturated rings. The topological polar surface area (TPSA) is 60.6 Å². The van der Waals surface area contributed by atoms with E-state index < -0.39 is 17.7 Å². The van der Waals surface area contributed by atoms with E-state index in [9.17, 15) is 13.6 Å². The molecule has 186 valence electrons. The highest BCUT2D eigenvalue weighted by atomic mass is 19.2. The number of rotatable bonds is 6. The van der Waals surface area contributed by atoms with E-state index in [1.807, 2.05) is 32.3 Å². The molecule has 1 saturated heterocycles. The van der Waals surface area contributed by atoms with Crippen molar-refractivity contribution in [1.29, 1.82) is 0 Å². The number of methoxy groups -OCH3 is 1. The first-order valence-corrected chi connectivity index (χ1v) is 12.1. The molecule has 8 heteroatoms. The number of halogens is 2. The van der Waals surface area contributed by atoms with Crippen LogP contribution >= 0.6 is 0 Å². The molecule has 2 N–H and O–H groups in total. The van der Waals surface area contributed by atoms with E-state index in [-0.39, 0.29) is 24.1 Å². The lowest BCUT2D eigenvalue weighted by Gasteiger charge is -2.50. The van der Waals surface area contributed by atoms with Gasteiger partial charge in [-0.05, 0) is 56.3 Å². The van der Waals surface area contributed by atoms with Crippen LogP contribution in [0.15, 0.2) is 42.5 Å². The third-order valence-corrected chi connectivity index (χ3v) is 7.47. The summed E-state index contributed by atoms with van der Waals surface area (Å²) >= 11 is 0. The second-order valence-electron chi connectivity index (χ2n) is 9.88. The van der Waals surface area contributed by atoms with Crippen LogP contribution in [0.2, 0.25) is 0 Å². The van der Waals surface area contributed by atoms with Crippen molar-refractivity contribution in [2.24, 2.45) is 0 Å². The number of esters is 1. The van der Waals surface area contributed by atoms with E-state index in [1.165, 1.54) is 19.2 Å². The zero-order chi connectivity index (χ0) is 24.7. The lowest BCUT2D eigenvalue weighted by atomic mass is 9.79. The van der Waals surface area contributed by atoms with Gasteiger partial charge in [-0.1, -0.05) is 24.3 Å². The minimum atomic E-state index is -0.875. The van der Waals surface area contributed by atoms with Crippen LogP contribution in [0.5, 0.6) is 0 Å². The molecule has 0 saturated carbocycles. The molecule has 0 spiro atoms. The van der Waals surface area contributed by atoms with Crippen LogP contribution in [0.25, 0.3) is 10.9 Å². The molecule has 0 radical (unpaired) electrons. The van der Waals surface area contributed by atoms with Gasteiger partial charge in [-0.25, -0.2) is 8.78 Å². The summed E-state index contributed by atoms with van der Waals surface area (Å²) in [5.74, 6) is -2.06. The zero-order valence-electron chi connectivity index (χ0n) is 20.4. The number of ether oxygens (including phenoxy) is 1. The van der Waals surface area contributed by atoms with Crippen molar-refractivity contribution in [2.75, 3.05) is 34.3 Å². The van der Waals surface area contributed by atoms with Gasteiger partial charge in [0.05, 0.1) is 13.2 Å². The summed E-state index contributed by atoms with van der Waals surface area (Å²) in [6.45, 7) is 1.71. The minimum absolute atomic E-state index is 0.0982. The summed E-state index contributed by atoms with van der Waals surface area (Å²) in [6.07, 6.45) is 1.97. The Kier molecular flexibility index (Phi) is 6.61. The number of aromatic nitrogens is 1. The smallest absolute Gasteiger partial charge is 0.323 e. The maximum Gasteiger partial charge on any atom is 0.323 e. The molecule has 1 aromatic heterocycles. The third kappa shape index (κ3) is 4.46. The Morgan fingerprint density at radius 2 is 1.91 bits per heavy atom. The molecule has 0 aliphatic carbocycles. The molecule has 5 rings (SSSR count). The highest BCUT2D eigenvalue weighted by Crippen LogP contribution is 2.48. The highest BCUT2D eigenvalue weighted by Gasteiger charge is 2.48. The van der Waals surface area contributed by atoms with Crippen LogP contribution in [-0.2, 0) is 16.0 Å². The number of fused-ring (bicyclic) bond motifs is 5. The number of carbonyl (C=O) groups excluding carboxylic acids is 1. The Bertz CT molecular complexity index is 1230. The number of hydrogen-bond donors (Lipinski definition) is 2. The Morgan fingerprint density at radius 1 is 1.14 bits per heavy atom. The first kappa shape index (κ1) is 23.9. The molecule has 0 bridgehead atoms. The number of hydrogen-bond acceptors (Lipinski definition) is 5. The average molecular weight is 483 g/mol. The largest absolute Gasteiger partial charge is 0.468 e. The first-order chi connectivity index (χ1) is 16.9. The predicted molar refractivity (Wildman–Crippen MR) is 131 cm³/mol. The lowest BCUT2D eigenvalue weighted by molar-refractivity contribution is -0.152. The maximum absolute atomic E-state index is 14.3. The van der Waals surface area contributed by atoms with Crippen LogP contribution < -0.4 is 5.32 Å². The van der Waals surface area contributed by atoms with Gasteiger partial charge in [0.2, 0.25) is 0 Å². The monoisotopic (exact) mass is 482 g/mol. The summed E-state index contributed by atoms with van der Waals surface area (Å²) in [7, 11) is 5.48. The summed E-state index contributed by atoms with van der Waals surface area (Å²) in [5.41, 5.74) is 3.93. The van der Waals surface area contributed by atoms with Gasteiger partial charge in [-0.2, -0.15) is 0 Å². The van der Waals surface area contributed by atoms with Gasteiger partial charge in [0.1, 0.15) is 6.04 Å². The first-order valence-electron chi connectivity index (χ1n) is 12.1. The van der Waals surface area contributed by atoms with E-state index in [2.05, 4.69) is 26.2 Å². The SMILES string of the molecule is COC(=O)[C@@H]1Cc2c([nH]c3ccccc23)[C@H]2C[C@H](NCCN(C)C)C[C@@H](c3ccc(F)c(F)c3)N21. The number of para-hydroxylation sites is 1. The van der Waals surface area contributed by atoms with Crippen molar-refractivity contribution in [1.82, 2.24) is 20.1 Å². The fraction of sp³-hybridized carbons (Fsp3) is 0.444. The van der Waals surface area contributed by atoms with Gasteiger partial charge < -0.3 is 19.9 Å². The zero-order valence-corrected chi connectivity index (χ0v) is 20.4. The fourth-order valence-electron chi connectivity index (χ4n) is 5.85. The number of benzene rings is 2. The molecule has 0 unspecified atom stereocenters. The average Bonchev–Trinajstić information content (AvgIpc) is 3.23. The molecule has 3 heterocycles. The lowest BCUT2D eigenvalue weighted by Crippen LogP contribution is -2.56. The number of carbonyl (C=O) groups is 1. The molecule has 2 aliphatic heterocycles. The van der Waals surface area contributed by atoms with Crippen molar-refractivity contribution in [3.63, 3.8) is 0 Å². The van der Waals surface area contributed by atoms with E-state index in [0.29, 0.717) is 18.4 Å². The molecule has 2 aromatic carbocycles. The van der Waals surface area contributed by atoms with Crippen molar-refractivity contribution >= 4 is 16.9 Å². The number of likely N-dealkylation sites (N-methyl/N-ethyl adjacent to an activating group) is 1. The van der Waals surface area contributed by atoms with E-state index >= 15 is 0 Å². The Hall–Kier alpha value is -2.81. The number of piperidine rings is 1. The normalized spacial score (nSPS) is 24.4. The van der Waals surface area contributed by atoms with E-state index in [4.69, 9.17) is 4.74 Å². The minimum Gasteiger partial charge on any atom is -0.468 e. The molecule has 4 atom stereocenters. The number of nitrogens with zero attached hydrogens (tertiary/aromatic N) is 2. The summed E-state index contributed by atoms with van der Waals surface area (Å²) < 4.78 is 33.4. The van der Waals surface area contributed by atoms with Crippen molar-refractivity contribution in [3.05, 3.63) is 70.9 Å². The van der Waals surface area contributed by atoms with Gasteiger partial charge in [0, 0.05) is 48.2 Å². The highest BCUT2D eigenvalue weighted by molar-refractivity contribution is 5.87. The molecular formula is C27H32F2N4O2. The second-order valence-corrected chi connectivity index (χ2v) is 9.88. The summed E-state index contributed by atoms with van der Waals surface area (Å²) in [6, 6.07) is 11.5. The molecule has 0 amide bonds. The quantitative estimate of drug-likeness (QED) is 0.521. The predicted octanol–water partition coefficient (Wildman–Crippen LogP) is 3.94. The van der Waals surface area contributed by atoms with Crippen LogP contribution in [0.1, 0.15) is 41.7 Å². The van der Waals surface area contributed by atoms with Crippen LogP contribution in [0.3, 0.4) is 0 Å². The summed E-state index contributed by atoms with van der Waals surface area (Å²) in [5, 5.41) is 4.78. The van der Waals surface area contributed by atoms with Crippen molar-refractivity contribution in [3.8, 4) is 0 Å². The van der Waals surface area contributed by atoms with Crippen molar-refractivity contribution < 1.29 is 18.3 Å². The second kappa shape index (κ2) is 9.68. The Labute approximate surface area is 204 Å². The number of H-pyrrole nitrogens is 1. The van der Waals surface area contributed by atoms with Gasteiger partial charge in [0.15, 0.2) is 11.6 Å². The maximum atomic E-state index is 14.3. The van der Waals surface area contributed by atoms with E-state index in [1.54, 1.807) is 6.07 Å². The van der Waals surface area contributed by atoms with Gasteiger partial charge >= 0.3 is 5.97 Å². The molecule has 2 aliphatic rings. The van der Waals surface area contributed by atoms with Gasteiger partial charge in [0.25, 0.3) is 0 Å². The molecule has 35 heavy (non-hydrogen) atoms. The van der Waals surface area contributed by atoms with Gasteiger partial charge in [-0.15, -0.1) is 0 Å². The molecular weight excluding hydrogens is 450 g/mol. The standard InChI is InChI=1S/C27H32F2N4O2/c1-32(2)11-10-30-17-13-23(16-8-9-20(28)21(29)12-16)33-24(14-17)26-19(15-25(33)27(34)35-3)18-6-4-5-7-22(18)31-26/h4-9,12,17,23-25,30-31H,10-11,13-15H2,1-3H3/t17-,23+,24-,25+/m1/s1. The van der Waals surface area contributed by atoms with Crippen LogP contribution in [0.4, 0.5) is 8.78 Å².